The van der Waals surface area contributed by atoms with Crippen molar-refractivity contribution in [2.24, 2.45) is 0 Å². The first-order chi connectivity index (χ1) is 7.77. The molecule has 1 N–H and O–H groups in total. The van der Waals surface area contributed by atoms with Gasteiger partial charge < -0.3 is 0 Å². The van der Waals surface area contributed by atoms with E-state index in [0.717, 1.165) is 12.8 Å². The maximum absolute atomic E-state index is 10.2. The van der Waals surface area contributed by atoms with Crippen LogP contribution >= 0.6 is 0 Å². The van der Waals surface area contributed by atoms with Gasteiger partial charge in [-0.1, -0.05) is 64.7 Å². The van der Waals surface area contributed by atoms with Crippen LogP contribution in [0.5, 0.6) is 0 Å². The summed E-state index contributed by atoms with van der Waals surface area (Å²) >= 11 is 0. The van der Waals surface area contributed by atoms with E-state index in [-0.39, 0.29) is 0 Å². The Balaban J connectivity index is 2.93. The first-order valence-electron chi connectivity index (χ1n) is 6.65. The van der Waals surface area contributed by atoms with Crippen LogP contribution in [-0.4, -0.2) is 15.0 Å². The molecule has 0 bridgehead atoms. The summed E-state index contributed by atoms with van der Waals surface area (Å²) in [6.07, 6.45) is 12.8. The van der Waals surface area contributed by atoms with Crippen LogP contribution in [0.3, 0.4) is 0 Å². The molecule has 0 saturated carbocycles. The molecule has 0 unspecified atom stereocenters. The molecule has 0 amide bonds. The Morgan fingerprint density at radius 3 is 1.62 bits per heavy atom. The summed E-state index contributed by atoms with van der Waals surface area (Å²) in [4.78, 5) is 0. The maximum atomic E-state index is 10.2. The highest BCUT2D eigenvalue weighted by atomic mass is 32.2. The van der Waals surface area contributed by atoms with E-state index >= 15 is 0 Å². The third kappa shape index (κ3) is 13.9. The summed E-state index contributed by atoms with van der Waals surface area (Å²) in [6.45, 7) is 2.85. The minimum Gasteiger partial charge on any atom is -0.218 e. The Bertz CT molecular complexity index is 197. The van der Waals surface area contributed by atoms with Crippen molar-refractivity contribution < 1.29 is 8.42 Å². The highest BCUT2D eigenvalue weighted by molar-refractivity contribution is 7.70. The van der Waals surface area contributed by atoms with Gasteiger partial charge in [-0.15, -0.1) is 0 Å². The lowest BCUT2D eigenvalue weighted by Gasteiger charge is -2.01. The smallest absolute Gasteiger partial charge is 0.201 e. The van der Waals surface area contributed by atoms with E-state index < -0.39 is 10.9 Å². The predicted molar refractivity (Wildman–Crippen MR) is 70.2 cm³/mol. The van der Waals surface area contributed by atoms with Gasteiger partial charge in [-0.25, -0.2) is 13.1 Å². The summed E-state index contributed by atoms with van der Waals surface area (Å²) in [5.74, 6) is 0. The lowest BCUT2D eigenvalue weighted by Crippen LogP contribution is -2.12. The normalized spacial score (nSPS) is 11.1. The average molecular weight is 249 g/mol. The summed E-state index contributed by atoms with van der Waals surface area (Å²) in [5, 5.41) is 0. The van der Waals surface area contributed by atoms with Crippen molar-refractivity contribution in [3.63, 3.8) is 0 Å². The van der Waals surface area contributed by atoms with Crippen molar-refractivity contribution in [2.45, 2.75) is 71.1 Å². The van der Waals surface area contributed by atoms with Gasteiger partial charge in [0.25, 0.3) is 0 Å². The van der Waals surface area contributed by atoms with Crippen molar-refractivity contribution in [1.29, 1.82) is 0 Å². The fourth-order valence-corrected chi connectivity index (χ4v) is 2.12. The van der Waals surface area contributed by atoms with Crippen LogP contribution < -0.4 is 4.72 Å². The zero-order valence-electron chi connectivity index (χ0n) is 10.5. The van der Waals surface area contributed by atoms with Crippen LogP contribution in [0.1, 0.15) is 71.1 Å². The van der Waals surface area contributed by atoms with E-state index in [1.807, 2.05) is 0 Å². The van der Waals surface area contributed by atoms with E-state index in [1.165, 1.54) is 51.4 Å². The maximum Gasteiger partial charge on any atom is 0.201 e. The van der Waals surface area contributed by atoms with Crippen LogP contribution in [0.2, 0.25) is 0 Å². The van der Waals surface area contributed by atoms with Gasteiger partial charge in [0.2, 0.25) is 10.9 Å². The van der Waals surface area contributed by atoms with Crippen LogP contribution in [0.4, 0.5) is 0 Å². The summed E-state index contributed by atoms with van der Waals surface area (Å²) in [5.41, 5.74) is 0. The molecule has 0 radical (unpaired) electrons. The van der Waals surface area contributed by atoms with Gasteiger partial charge >= 0.3 is 0 Å². The molecule has 0 aliphatic rings. The zero-order valence-corrected chi connectivity index (χ0v) is 11.4. The Morgan fingerprint density at radius 1 is 0.750 bits per heavy atom. The minimum absolute atomic E-state index is 0.606. The molecule has 3 nitrogen and oxygen atoms in total. The van der Waals surface area contributed by atoms with Crippen molar-refractivity contribution in [2.75, 3.05) is 6.54 Å². The summed E-state index contributed by atoms with van der Waals surface area (Å²) in [7, 11) is -2.39. The summed E-state index contributed by atoms with van der Waals surface area (Å²) < 4.78 is 22.8. The van der Waals surface area contributed by atoms with Crippen molar-refractivity contribution in [1.82, 2.24) is 4.72 Å². The van der Waals surface area contributed by atoms with Crippen molar-refractivity contribution >= 4 is 10.9 Å². The van der Waals surface area contributed by atoms with Gasteiger partial charge in [0.1, 0.15) is 0 Å². The van der Waals surface area contributed by atoms with Crippen LogP contribution in [0.15, 0.2) is 0 Å². The van der Waals surface area contributed by atoms with Crippen molar-refractivity contribution in [3.8, 4) is 0 Å². The Labute approximate surface area is 102 Å². The number of rotatable bonds is 12. The second-order valence-corrected chi connectivity index (χ2v) is 5.18. The molecule has 0 rings (SSSR count). The molecule has 98 valence electrons. The average Bonchev–Trinajstić information content (AvgIpc) is 2.25. The van der Waals surface area contributed by atoms with E-state index in [9.17, 15) is 8.42 Å². The van der Waals surface area contributed by atoms with Crippen LogP contribution in [-0.2, 0) is 10.9 Å². The first-order valence-corrected chi connectivity index (χ1v) is 7.83. The Hall–Kier alpha value is -0.0900. The second-order valence-electron chi connectivity index (χ2n) is 4.35. The zero-order chi connectivity index (χ0) is 12.1. The Kier molecular flexibility index (Phi) is 12.9. The lowest BCUT2D eigenvalue weighted by molar-refractivity contribution is 0.552. The van der Waals surface area contributed by atoms with Gasteiger partial charge in [0, 0.05) is 6.54 Å². The standard InChI is InChI=1S/C12H27NO2S/c1-2-3-4-5-6-7-8-9-10-11-12-13-16(14)15/h16H,2-12H2,1H3,(H,13,14,15). The molecule has 0 fully saturated rings. The molecule has 0 heterocycles. The molecule has 4 heteroatoms. The number of hydrogen-bond acceptors (Lipinski definition) is 2. The van der Waals surface area contributed by atoms with E-state index in [1.54, 1.807) is 0 Å². The fourth-order valence-electron chi connectivity index (χ4n) is 1.78. The fraction of sp³-hybridized carbons (Fsp3) is 1.00. The molecule has 0 aromatic rings. The predicted octanol–water partition coefficient (Wildman–Crippen LogP) is 3.02. The minimum atomic E-state index is -2.39. The molecule has 0 aliphatic carbocycles. The number of unbranched alkanes of at least 4 members (excludes halogenated alkanes) is 9. The van der Waals surface area contributed by atoms with Gasteiger partial charge in [-0.05, 0) is 6.42 Å². The number of thiol groups is 1. The van der Waals surface area contributed by atoms with Gasteiger partial charge in [0.15, 0.2) is 0 Å². The molecular weight excluding hydrogens is 222 g/mol. The van der Waals surface area contributed by atoms with E-state index in [2.05, 4.69) is 11.6 Å². The molecule has 0 aromatic carbocycles. The third-order valence-electron chi connectivity index (χ3n) is 2.77. The molecule has 0 spiro atoms. The summed E-state index contributed by atoms with van der Waals surface area (Å²) in [6, 6.07) is 0. The molecule has 16 heavy (non-hydrogen) atoms. The molecular formula is C12H27NO2S. The lowest BCUT2D eigenvalue weighted by atomic mass is 10.1. The molecule has 0 saturated heterocycles. The third-order valence-corrected chi connectivity index (χ3v) is 3.25. The SMILES string of the molecule is CCCCCCCCCCCCN[SH](=O)=O. The van der Waals surface area contributed by atoms with E-state index in [0.29, 0.717) is 6.54 Å². The largest absolute Gasteiger partial charge is 0.218 e. The molecule has 0 aromatic heterocycles. The van der Waals surface area contributed by atoms with Crippen LogP contribution in [0.25, 0.3) is 0 Å². The highest BCUT2D eigenvalue weighted by Crippen LogP contribution is 2.10. The topological polar surface area (TPSA) is 46.2 Å². The quantitative estimate of drug-likeness (QED) is 0.412. The van der Waals surface area contributed by atoms with Crippen molar-refractivity contribution in [3.05, 3.63) is 0 Å². The number of hydrogen-bond donors (Lipinski definition) is 2. The van der Waals surface area contributed by atoms with Gasteiger partial charge in [0.05, 0.1) is 0 Å². The molecule has 0 atom stereocenters. The monoisotopic (exact) mass is 249 g/mol. The second kappa shape index (κ2) is 13.0. The Morgan fingerprint density at radius 2 is 1.19 bits per heavy atom. The first kappa shape index (κ1) is 15.9. The van der Waals surface area contributed by atoms with E-state index in [4.69, 9.17) is 0 Å². The van der Waals surface area contributed by atoms with Gasteiger partial charge in [-0.2, -0.15) is 0 Å². The van der Waals surface area contributed by atoms with Crippen LogP contribution in [0, 0.1) is 0 Å². The molecule has 0 aliphatic heterocycles. The highest BCUT2D eigenvalue weighted by Gasteiger charge is 1.92. The number of nitrogens with one attached hydrogen (secondary N) is 1. The van der Waals surface area contributed by atoms with Gasteiger partial charge in [-0.3, -0.25) is 0 Å².